The average molecular weight is 444 g/mol. The Hall–Kier alpha value is -3.18. The normalized spacial score (nSPS) is 22.8. The molecular weight excluding hydrogens is 414 g/mol. The van der Waals surface area contributed by atoms with E-state index in [0.717, 1.165) is 42.5 Å². The molecule has 0 bridgehead atoms. The van der Waals surface area contributed by atoms with Crippen molar-refractivity contribution in [1.29, 1.82) is 0 Å². The van der Waals surface area contributed by atoms with Crippen molar-refractivity contribution in [3.05, 3.63) is 82.4 Å². The van der Waals surface area contributed by atoms with Crippen LogP contribution in [0.3, 0.4) is 0 Å². The van der Waals surface area contributed by atoms with Crippen LogP contribution in [0.15, 0.2) is 54.6 Å². The van der Waals surface area contributed by atoms with Crippen molar-refractivity contribution in [2.24, 2.45) is 0 Å². The zero-order valence-corrected chi connectivity index (χ0v) is 19.3. The predicted molar refractivity (Wildman–Crippen MR) is 126 cm³/mol. The number of hydrogen-bond acceptors (Lipinski definition) is 5. The van der Waals surface area contributed by atoms with Gasteiger partial charge in [0.1, 0.15) is 0 Å². The van der Waals surface area contributed by atoms with Gasteiger partial charge in [0.05, 0.1) is 14.2 Å². The van der Waals surface area contributed by atoms with Crippen LogP contribution in [0.25, 0.3) is 0 Å². The van der Waals surface area contributed by atoms with Gasteiger partial charge in [-0.3, -0.25) is 4.90 Å². The Morgan fingerprint density at radius 3 is 2.30 bits per heavy atom. The third-order valence-corrected chi connectivity index (χ3v) is 7.46. The van der Waals surface area contributed by atoms with Gasteiger partial charge in [-0.2, -0.15) is 0 Å². The third-order valence-electron chi connectivity index (χ3n) is 7.46. The number of rotatable bonds is 4. The molecule has 0 amide bonds. The molecule has 0 fully saturated rings. The van der Waals surface area contributed by atoms with E-state index < -0.39 is 0 Å². The summed E-state index contributed by atoms with van der Waals surface area (Å²) in [6.45, 7) is 4.37. The fourth-order valence-corrected chi connectivity index (χ4v) is 5.97. The van der Waals surface area contributed by atoms with Crippen molar-refractivity contribution >= 4 is 0 Å². The van der Waals surface area contributed by atoms with Crippen molar-refractivity contribution in [3.8, 4) is 23.0 Å². The van der Waals surface area contributed by atoms with Gasteiger partial charge in [-0.15, -0.1) is 0 Å². The molecule has 2 heterocycles. The summed E-state index contributed by atoms with van der Waals surface area (Å²) in [5.41, 5.74) is 6.75. The van der Waals surface area contributed by atoms with Crippen molar-refractivity contribution in [3.63, 3.8) is 0 Å². The zero-order valence-electron chi connectivity index (χ0n) is 19.3. The molecule has 5 nitrogen and oxygen atoms in total. The van der Waals surface area contributed by atoms with Crippen molar-refractivity contribution in [1.82, 2.24) is 4.90 Å². The molecule has 1 aliphatic carbocycles. The molecule has 2 aliphatic heterocycles. The largest absolute Gasteiger partial charge is 0.493 e. The Bertz CT molecular complexity index is 1190. The van der Waals surface area contributed by atoms with E-state index in [1.807, 2.05) is 0 Å². The summed E-state index contributed by atoms with van der Waals surface area (Å²) in [5, 5.41) is 0. The van der Waals surface area contributed by atoms with Crippen molar-refractivity contribution in [2.75, 3.05) is 21.0 Å². The summed E-state index contributed by atoms with van der Waals surface area (Å²) < 4.78 is 22.8. The summed E-state index contributed by atoms with van der Waals surface area (Å²) in [4.78, 5) is 2.61. The molecule has 170 valence electrons. The lowest BCUT2D eigenvalue weighted by molar-refractivity contribution is 0.120. The SMILES string of the molecule is COc1cc2c(cc1OC)[C@@H]1C[C@H](C)c3cc4c(cc3[C@H]1N(Cc1ccccc1)C2)OCO4. The molecule has 3 atom stereocenters. The van der Waals surface area contributed by atoms with Gasteiger partial charge in [-0.1, -0.05) is 37.3 Å². The van der Waals surface area contributed by atoms with Gasteiger partial charge in [0.15, 0.2) is 23.0 Å². The van der Waals surface area contributed by atoms with Gasteiger partial charge in [-0.25, -0.2) is 0 Å². The van der Waals surface area contributed by atoms with Crippen molar-refractivity contribution in [2.45, 2.75) is 44.3 Å². The topological polar surface area (TPSA) is 40.2 Å². The van der Waals surface area contributed by atoms with Crippen LogP contribution in [-0.4, -0.2) is 25.9 Å². The Morgan fingerprint density at radius 1 is 0.879 bits per heavy atom. The number of methoxy groups -OCH3 is 2. The van der Waals surface area contributed by atoms with Gasteiger partial charge in [-0.05, 0) is 64.4 Å². The predicted octanol–water partition coefficient (Wildman–Crippen LogP) is 5.78. The molecule has 0 saturated heterocycles. The molecule has 0 aromatic heterocycles. The second kappa shape index (κ2) is 7.99. The van der Waals surface area contributed by atoms with E-state index in [2.05, 4.69) is 66.4 Å². The van der Waals surface area contributed by atoms with Crippen LogP contribution in [0.4, 0.5) is 0 Å². The monoisotopic (exact) mass is 443 g/mol. The summed E-state index contributed by atoms with van der Waals surface area (Å²) in [6.07, 6.45) is 1.07. The summed E-state index contributed by atoms with van der Waals surface area (Å²) in [6, 6.07) is 19.8. The van der Waals surface area contributed by atoms with Gasteiger partial charge < -0.3 is 18.9 Å². The van der Waals surface area contributed by atoms with E-state index >= 15 is 0 Å². The van der Waals surface area contributed by atoms with Gasteiger partial charge in [0.25, 0.3) is 0 Å². The maximum atomic E-state index is 5.79. The first-order chi connectivity index (χ1) is 16.2. The first-order valence-electron chi connectivity index (χ1n) is 11.6. The number of fused-ring (bicyclic) bond motifs is 6. The lowest BCUT2D eigenvalue weighted by Gasteiger charge is -2.48. The van der Waals surface area contributed by atoms with Crippen LogP contribution in [0, 0.1) is 0 Å². The minimum Gasteiger partial charge on any atom is -0.493 e. The minimum atomic E-state index is 0.261. The van der Waals surface area contributed by atoms with E-state index in [1.54, 1.807) is 14.2 Å². The Kier molecular flexibility index (Phi) is 4.95. The molecule has 0 unspecified atom stereocenters. The Balaban J connectivity index is 1.51. The molecule has 3 aromatic rings. The molecule has 0 spiro atoms. The first kappa shape index (κ1) is 20.4. The summed E-state index contributed by atoms with van der Waals surface area (Å²) in [7, 11) is 3.42. The zero-order chi connectivity index (χ0) is 22.5. The van der Waals surface area contributed by atoms with E-state index in [-0.39, 0.29) is 6.04 Å². The smallest absolute Gasteiger partial charge is 0.231 e. The van der Waals surface area contributed by atoms with E-state index in [1.165, 1.54) is 27.8 Å². The van der Waals surface area contributed by atoms with Gasteiger partial charge in [0, 0.05) is 25.0 Å². The van der Waals surface area contributed by atoms with Gasteiger partial charge >= 0.3 is 0 Å². The third kappa shape index (κ3) is 3.34. The Morgan fingerprint density at radius 2 is 1.58 bits per heavy atom. The lowest BCUT2D eigenvalue weighted by atomic mass is 9.68. The highest BCUT2D eigenvalue weighted by molar-refractivity contribution is 5.56. The minimum absolute atomic E-state index is 0.261. The maximum Gasteiger partial charge on any atom is 0.231 e. The molecule has 6 rings (SSSR count). The quantitative estimate of drug-likeness (QED) is 0.511. The Labute approximate surface area is 194 Å². The highest BCUT2D eigenvalue weighted by Gasteiger charge is 2.43. The van der Waals surface area contributed by atoms with Crippen LogP contribution in [0.5, 0.6) is 23.0 Å². The number of ether oxygens (including phenoxy) is 4. The second-order valence-corrected chi connectivity index (χ2v) is 9.32. The van der Waals surface area contributed by atoms with Crippen LogP contribution >= 0.6 is 0 Å². The molecule has 3 aliphatic rings. The first-order valence-corrected chi connectivity index (χ1v) is 11.6. The molecule has 33 heavy (non-hydrogen) atoms. The number of nitrogens with zero attached hydrogens (tertiary/aromatic N) is 1. The molecule has 5 heteroatoms. The second-order valence-electron chi connectivity index (χ2n) is 9.32. The van der Waals surface area contributed by atoms with E-state index in [9.17, 15) is 0 Å². The average Bonchev–Trinajstić information content (AvgIpc) is 3.30. The van der Waals surface area contributed by atoms with E-state index in [4.69, 9.17) is 18.9 Å². The molecule has 0 N–H and O–H groups in total. The number of hydrogen-bond donors (Lipinski definition) is 0. The standard InChI is InChI=1S/C28H29NO4/c1-17-9-22-21-12-25(31-3)24(30-2)10-19(21)15-29(14-18-7-5-4-6-8-18)28(22)23-13-27-26(11-20(17)23)32-16-33-27/h4-8,10-13,17,22,28H,9,14-16H2,1-3H3/t17-,22-,28-/m0/s1. The lowest BCUT2D eigenvalue weighted by Crippen LogP contribution is -2.40. The van der Waals surface area contributed by atoms with Crippen LogP contribution in [-0.2, 0) is 13.1 Å². The number of benzene rings is 3. The van der Waals surface area contributed by atoms with Crippen LogP contribution < -0.4 is 18.9 Å². The highest BCUT2D eigenvalue weighted by Crippen LogP contribution is 2.56. The fourth-order valence-electron chi connectivity index (χ4n) is 5.97. The summed E-state index contributed by atoms with van der Waals surface area (Å²) >= 11 is 0. The van der Waals surface area contributed by atoms with Crippen molar-refractivity contribution < 1.29 is 18.9 Å². The molecule has 0 radical (unpaired) electrons. The fraction of sp³-hybridized carbons (Fsp3) is 0.357. The maximum absolute atomic E-state index is 5.79. The molecule has 0 saturated carbocycles. The highest BCUT2D eigenvalue weighted by atomic mass is 16.7. The van der Waals surface area contributed by atoms with Gasteiger partial charge in [0.2, 0.25) is 6.79 Å². The van der Waals surface area contributed by atoms with Crippen LogP contribution in [0.2, 0.25) is 0 Å². The molecular formula is C28H29NO4. The van der Waals surface area contributed by atoms with E-state index in [0.29, 0.717) is 18.6 Å². The summed E-state index contributed by atoms with van der Waals surface area (Å²) in [5.74, 6) is 4.11. The van der Waals surface area contributed by atoms with Crippen LogP contribution in [0.1, 0.15) is 59.0 Å². The molecule has 3 aromatic carbocycles.